The van der Waals surface area contributed by atoms with E-state index in [2.05, 4.69) is 5.32 Å². The van der Waals surface area contributed by atoms with Crippen molar-refractivity contribution in [3.63, 3.8) is 0 Å². The van der Waals surface area contributed by atoms with Gasteiger partial charge in [0.2, 0.25) is 9.84 Å². The number of alkyl halides is 2. The van der Waals surface area contributed by atoms with Gasteiger partial charge in [0.05, 0.1) is 10.5 Å². The van der Waals surface area contributed by atoms with Crippen molar-refractivity contribution in [3.05, 3.63) is 59.2 Å². The van der Waals surface area contributed by atoms with E-state index in [4.69, 9.17) is 4.74 Å². The first-order valence-electron chi connectivity index (χ1n) is 8.72. The van der Waals surface area contributed by atoms with Gasteiger partial charge in [-0.1, -0.05) is 32.0 Å². The second kappa shape index (κ2) is 9.13. The van der Waals surface area contributed by atoms with Crippen LogP contribution in [0.25, 0.3) is 0 Å². The predicted octanol–water partition coefficient (Wildman–Crippen LogP) is 3.91. The van der Waals surface area contributed by atoms with Crippen molar-refractivity contribution in [1.82, 2.24) is 0 Å². The molecular formula is C20H21F2NO5S. The molecule has 0 aliphatic heterocycles. The van der Waals surface area contributed by atoms with Crippen molar-refractivity contribution >= 4 is 27.4 Å². The molecule has 1 N–H and O–H groups in total. The first-order valence-corrected chi connectivity index (χ1v) is 10.3. The second-order valence-electron chi connectivity index (χ2n) is 6.65. The highest BCUT2D eigenvalue weighted by Crippen LogP contribution is 2.27. The number of hydrogen-bond donors (Lipinski definition) is 1. The molecule has 0 bridgehead atoms. The number of anilines is 1. The average Bonchev–Trinajstić information content (AvgIpc) is 2.67. The Kier molecular flexibility index (Phi) is 7.07. The van der Waals surface area contributed by atoms with Crippen LogP contribution in [0.3, 0.4) is 0 Å². The minimum absolute atomic E-state index is 0.0650. The SMILES string of the molecule is Cc1cccc(C(C)C)c1NC(=O)COC(=O)c1ccc(S(=O)(=O)C(F)F)cc1. The van der Waals surface area contributed by atoms with E-state index in [0.717, 1.165) is 35.4 Å². The number of esters is 1. The fourth-order valence-corrected chi connectivity index (χ4v) is 3.34. The van der Waals surface area contributed by atoms with Gasteiger partial charge in [-0.05, 0) is 48.2 Å². The lowest BCUT2D eigenvalue weighted by Crippen LogP contribution is -2.22. The number of carbonyl (C=O) groups is 2. The summed E-state index contributed by atoms with van der Waals surface area (Å²) in [6, 6.07) is 9.51. The lowest BCUT2D eigenvalue weighted by molar-refractivity contribution is -0.119. The summed E-state index contributed by atoms with van der Waals surface area (Å²) in [5.74, 6) is -4.79. The molecule has 6 nitrogen and oxygen atoms in total. The summed E-state index contributed by atoms with van der Waals surface area (Å²) in [5, 5.41) is 2.73. The number of hydrogen-bond acceptors (Lipinski definition) is 5. The van der Waals surface area contributed by atoms with Gasteiger partial charge in [0.1, 0.15) is 0 Å². The molecule has 0 fully saturated rings. The van der Waals surface area contributed by atoms with Crippen molar-refractivity contribution in [3.8, 4) is 0 Å². The topological polar surface area (TPSA) is 89.5 Å². The number of rotatable bonds is 7. The molecule has 2 aromatic carbocycles. The van der Waals surface area contributed by atoms with E-state index >= 15 is 0 Å². The molecule has 0 saturated heterocycles. The van der Waals surface area contributed by atoms with Crippen molar-refractivity contribution in [2.75, 3.05) is 11.9 Å². The number of ether oxygens (including phenoxy) is 1. The Morgan fingerprint density at radius 2 is 1.69 bits per heavy atom. The highest BCUT2D eigenvalue weighted by atomic mass is 32.2. The number of benzene rings is 2. The number of nitrogens with one attached hydrogen (secondary N) is 1. The van der Waals surface area contributed by atoms with Gasteiger partial charge in [0.15, 0.2) is 6.61 Å². The molecule has 29 heavy (non-hydrogen) atoms. The Labute approximate surface area is 167 Å². The van der Waals surface area contributed by atoms with Crippen molar-refractivity contribution in [2.24, 2.45) is 0 Å². The third kappa shape index (κ3) is 5.38. The highest BCUT2D eigenvalue weighted by molar-refractivity contribution is 7.91. The van der Waals surface area contributed by atoms with Crippen LogP contribution in [0.2, 0.25) is 0 Å². The number of amides is 1. The zero-order valence-corrected chi connectivity index (χ0v) is 16.9. The minimum atomic E-state index is -4.74. The normalized spacial score (nSPS) is 11.6. The maximum absolute atomic E-state index is 12.5. The summed E-state index contributed by atoms with van der Waals surface area (Å²) in [4.78, 5) is 23.6. The molecule has 0 aliphatic carbocycles. The zero-order valence-electron chi connectivity index (χ0n) is 16.1. The fraction of sp³-hybridized carbons (Fsp3) is 0.300. The zero-order chi connectivity index (χ0) is 21.8. The van der Waals surface area contributed by atoms with E-state index in [1.165, 1.54) is 0 Å². The van der Waals surface area contributed by atoms with Crippen LogP contribution in [0.5, 0.6) is 0 Å². The number of halogens is 2. The molecule has 156 valence electrons. The average molecular weight is 425 g/mol. The molecule has 0 aliphatic rings. The molecule has 0 aromatic heterocycles. The predicted molar refractivity (Wildman–Crippen MR) is 104 cm³/mol. The van der Waals surface area contributed by atoms with Gasteiger partial charge >= 0.3 is 11.7 Å². The van der Waals surface area contributed by atoms with Crippen LogP contribution < -0.4 is 5.32 Å². The van der Waals surface area contributed by atoms with Gasteiger partial charge in [-0.25, -0.2) is 13.2 Å². The molecule has 0 radical (unpaired) electrons. The molecule has 0 spiro atoms. The Balaban J connectivity index is 2.02. The second-order valence-corrected chi connectivity index (χ2v) is 8.57. The third-order valence-electron chi connectivity index (χ3n) is 4.18. The van der Waals surface area contributed by atoms with Gasteiger partial charge in [0, 0.05) is 5.69 Å². The van der Waals surface area contributed by atoms with Crippen LogP contribution in [0.1, 0.15) is 41.3 Å². The molecular weight excluding hydrogens is 404 g/mol. The van der Waals surface area contributed by atoms with Crippen LogP contribution in [-0.4, -0.2) is 32.7 Å². The largest absolute Gasteiger partial charge is 0.452 e. The van der Waals surface area contributed by atoms with E-state index in [1.54, 1.807) is 0 Å². The van der Waals surface area contributed by atoms with Gasteiger partial charge in [0.25, 0.3) is 5.91 Å². The summed E-state index contributed by atoms with van der Waals surface area (Å²) in [5.41, 5.74) is 2.40. The standard InChI is InChI=1S/C20H21F2NO5S/c1-12(2)16-6-4-5-13(3)18(16)23-17(24)11-28-19(25)14-7-9-15(10-8-14)29(26,27)20(21)22/h4-10,12,20H,11H2,1-3H3,(H,23,24). The van der Waals surface area contributed by atoms with Crippen LogP contribution in [-0.2, 0) is 19.4 Å². The lowest BCUT2D eigenvalue weighted by Gasteiger charge is -2.16. The van der Waals surface area contributed by atoms with Crippen LogP contribution >= 0.6 is 0 Å². The molecule has 2 aromatic rings. The maximum atomic E-state index is 12.5. The lowest BCUT2D eigenvalue weighted by atomic mass is 9.98. The fourth-order valence-electron chi connectivity index (χ4n) is 2.62. The number of carbonyl (C=O) groups excluding carboxylic acids is 2. The summed E-state index contributed by atoms with van der Waals surface area (Å²) in [7, 11) is -4.74. The Morgan fingerprint density at radius 3 is 2.24 bits per heavy atom. The first-order chi connectivity index (χ1) is 13.5. The molecule has 0 atom stereocenters. The number of para-hydroxylation sites is 1. The minimum Gasteiger partial charge on any atom is -0.452 e. The van der Waals surface area contributed by atoms with Crippen molar-refractivity contribution in [2.45, 2.75) is 37.3 Å². The first kappa shape index (κ1) is 22.5. The Bertz CT molecular complexity index is 1000. The molecule has 0 unspecified atom stereocenters. The highest BCUT2D eigenvalue weighted by Gasteiger charge is 2.26. The summed E-state index contributed by atoms with van der Waals surface area (Å²) in [6.07, 6.45) is 0. The van der Waals surface area contributed by atoms with Crippen LogP contribution in [0.4, 0.5) is 14.5 Å². The summed E-state index contributed by atoms with van der Waals surface area (Å²) >= 11 is 0. The van der Waals surface area contributed by atoms with Crippen molar-refractivity contribution < 1.29 is 31.5 Å². The van der Waals surface area contributed by atoms with Gasteiger partial charge < -0.3 is 10.1 Å². The van der Waals surface area contributed by atoms with E-state index in [9.17, 15) is 26.8 Å². The molecule has 1 amide bonds. The molecule has 0 saturated carbocycles. The summed E-state index contributed by atoms with van der Waals surface area (Å²) in [6.45, 7) is 5.27. The van der Waals surface area contributed by atoms with E-state index < -0.39 is 39.0 Å². The van der Waals surface area contributed by atoms with Crippen LogP contribution in [0, 0.1) is 6.92 Å². The Morgan fingerprint density at radius 1 is 1.07 bits per heavy atom. The van der Waals surface area contributed by atoms with Gasteiger partial charge in [-0.2, -0.15) is 8.78 Å². The Hall–Kier alpha value is -2.81. The van der Waals surface area contributed by atoms with Gasteiger partial charge in [-0.3, -0.25) is 4.79 Å². The van der Waals surface area contributed by atoms with Gasteiger partial charge in [-0.15, -0.1) is 0 Å². The number of aryl methyl sites for hydroxylation is 1. The van der Waals surface area contributed by atoms with Crippen LogP contribution in [0.15, 0.2) is 47.4 Å². The molecule has 0 heterocycles. The quantitative estimate of drug-likeness (QED) is 0.680. The number of sulfone groups is 1. The van der Waals surface area contributed by atoms with E-state index in [-0.39, 0.29) is 11.5 Å². The molecule has 9 heteroatoms. The maximum Gasteiger partial charge on any atom is 0.341 e. The molecule has 2 rings (SSSR count). The van der Waals surface area contributed by atoms with E-state index in [0.29, 0.717) is 5.69 Å². The monoisotopic (exact) mass is 425 g/mol. The van der Waals surface area contributed by atoms with E-state index in [1.807, 2.05) is 39.0 Å². The smallest absolute Gasteiger partial charge is 0.341 e. The van der Waals surface area contributed by atoms with Crippen molar-refractivity contribution in [1.29, 1.82) is 0 Å². The third-order valence-corrected chi connectivity index (χ3v) is 5.58. The summed E-state index contributed by atoms with van der Waals surface area (Å²) < 4.78 is 52.8.